The Morgan fingerprint density at radius 3 is 2.24 bits per heavy atom. The van der Waals surface area contributed by atoms with Crippen molar-refractivity contribution in [1.82, 2.24) is 0 Å². The SMILES string of the molecule is COc1ccc(/C=N/[N-]S(=O)(=O)c2ccc(C)cc2)cc1. The molecule has 0 aliphatic carbocycles. The third kappa shape index (κ3) is 4.06. The summed E-state index contributed by atoms with van der Waals surface area (Å²) in [5.74, 6) is 0.719. The van der Waals surface area contributed by atoms with Crippen molar-refractivity contribution in [2.24, 2.45) is 5.10 Å². The zero-order chi connectivity index (χ0) is 15.3. The lowest BCUT2D eigenvalue weighted by Gasteiger charge is -2.15. The summed E-state index contributed by atoms with van der Waals surface area (Å²) in [6, 6.07) is 13.5. The van der Waals surface area contributed by atoms with Crippen molar-refractivity contribution < 1.29 is 13.2 Å². The maximum atomic E-state index is 11.9. The minimum absolute atomic E-state index is 0.125. The fourth-order valence-electron chi connectivity index (χ4n) is 1.60. The maximum absolute atomic E-state index is 11.9. The molecule has 0 N–H and O–H groups in total. The van der Waals surface area contributed by atoms with Crippen LogP contribution in [0.2, 0.25) is 0 Å². The molecule has 0 aliphatic heterocycles. The summed E-state index contributed by atoms with van der Waals surface area (Å²) in [6.45, 7) is 1.88. The van der Waals surface area contributed by atoms with Gasteiger partial charge < -0.3 is 14.7 Å². The summed E-state index contributed by atoms with van der Waals surface area (Å²) >= 11 is 0. The minimum atomic E-state index is -3.76. The largest absolute Gasteiger partial charge is 0.497 e. The van der Waals surface area contributed by atoms with E-state index < -0.39 is 10.0 Å². The number of aryl methyl sites for hydroxylation is 1. The summed E-state index contributed by atoms with van der Waals surface area (Å²) in [6.07, 6.45) is 1.38. The Bertz CT molecular complexity index is 721. The second-order valence-electron chi connectivity index (χ2n) is 4.39. The van der Waals surface area contributed by atoms with E-state index in [9.17, 15) is 8.42 Å². The lowest BCUT2D eigenvalue weighted by atomic mass is 10.2. The van der Waals surface area contributed by atoms with Gasteiger partial charge in [0.2, 0.25) is 0 Å². The highest BCUT2D eigenvalue weighted by Gasteiger charge is 2.02. The van der Waals surface area contributed by atoms with Gasteiger partial charge in [-0.15, -0.1) is 0 Å². The van der Waals surface area contributed by atoms with Gasteiger partial charge >= 0.3 is 0 Å². The molecule has 5 nitrogen and oxygen atoms in total. The molecule has 110 valence electrons. The van der Waals surface area contributed by atoms with Gasteiger partial charge in [0, 0.05) is 6.21 Å². The van der Waals surface area contributed by atoms with Gasteiger partial charge in [-0.2, -0.15) is 0 Å². The van der Waals surface area contributed by atoms with Crippen molar-refractivity contribution in [1.29, 1.82) is 0 Å². The molecule has 2 aromatic carbocycles. The van der Waals surface area contributed by atoms with Gasteiger partial charge in [-0.1, -0.05) is 17.7 Å². The third-order valence-corrected chi connectivity index (χ3v) is 3.97. The predicted octanol–water partition coefficient (Wildman–Crippen LogP) is 3.10. The summed E-state index contributed by atoms with van der Waals surface area (Å²) in [4.78, 5) is 3.53. The molecule has 0 aliphatic rings. The van der Waals surface area contributed by atoms with Gasteiger partial charge in [-0.25, -0.2) is 8.42 Å². The fourth-order valence-corrected chi connectivity index (χ4v) is 2.35. The molecule has 0 amide bonds. The highest BCUT2D eigenvalue weighted by molar-refractivity contribution is 7.93. The molecule has 21 heavy (non-hydrogen) atoms. The van der Waals surface area contributed by atoms with Crippen molar-refractivity contribution in [3.8, 4) is 5.75 Å². The zero-order valence-corrected chi connectivity index (χ0v) is 12.5. The van der Waals surface area contributed by atoms with Crippen LogP contribution >= 0.6 is 0 Å². The number of hydrogen-bond donors (Lipinski definition) is 0. The average molecular weight is 303 g/mol. The van der Waals surface area contributed by atoms with E-state index in [1.165, 1.54) is 18.3 Å². The Labute approximate surface area is 124 Å². The fraction of sp³-hybridized carbons (Fsp3) is 0.133. The first-order valence-electron chi connectivity index (χ1n) is 6.22. The molecule has 0 saturated heterocycles. The average Bonchev–Trinajstić information content (AvgIpc) is 2.48. The Hall–Kier alpha value is -2.34. The van der Waals surface area contributed by atoms with Crippen molar-refractivity contribution in [3.63, 3.8) is 0 Å². The summed E-state index contributed by atoms with van der Waals surface area (Å²) in [5, 5.41) is 3.64. The number of benzene rings is 2. The number of sulfonamides is 1. The minimum Gasteiger partial charge on any atom is -0.497 e. The van der Waals surface area contributed by atoms with Gasteiger partial charge in [0.1, 0.15) is 15.8 Å². The Kier molecular flexibility index (Phi) is 4.59. The highest BCUT2D eigenvalue weighted by atomic mass is 32.2. The molecule has 0 radical (unpaired) electrons. The zero-order valence-electron chi connectivity index (χ0n) is 11.7. The van der Waals surface area contributed by atoms with E-state index in [0.717, 1.165) is 16.9 Å². The molecule has 0 aromatic heterocycles. The van der Waals surface area contributed by atoms with Crippen LogP contribution in [0, 0.1) is 6.92 Å². The van der Waals surface area contributed by atoms with Crippen LogP contribution in [-0.4, -0.2) is 21.7 Å². The monoisotopic (exact) mass is 303 g/mol. The third-order valence-electron chi connectivity index (χ3n) is 2.80. The van der Waals surface area contributed by atoms with Crippen LogP contribution in [0.1, 0.15) is 11.1 Å². The molecule has 2 rings (SSSR count). The first-order valence-corrected chi connectivity index (χ1v) is 7.66. The van der Waals surface area contributed by atoms with Crippen LogP contribution in [-0.2, 0) is 10.0 Å². The molecular formula is C15H15N2O3S-. The Morgan fingerprint density at radius 1 is 1.05 bits per heavy atom. The second kappa shape index (κ2) is 6.41. The quantitative estimate of drug-likeness (QED) is 0.629. The van der Waals surface area contributed by atoms with Crippen LogP contribution < -0.4 is 4.74 Å². The van der Waals surface area contributed by atoms with E-state index in [-0.39, 0.29) is 4.90 Å². The Morgan fingerprint density at radius 2 is 1.67 bits per heavy atom. The number of rotatable bonds is 5. The summed E-state index contributed by atoms with van der Waals surface area (Å²) < 4.78 is 28.9. The van der Waals surface area contributed by atoms with Crippen LogP contribution in [0.4, 0.5) is 0 Å². The van der Waals surface area contributed by atoms with Crippen molar-refractivity contribution in [3.05, 3.63) is 64.5 Å². The van der Waals surface area contributed by atoms with Gasteiger partial charge in [0.15, 0.2) is 0 Å². The first kappa shape index (κ1) is 15.1. The molecule has 6 heteroatoms. The van der Waals surface area contributed by atoms with Crippen molar-refractivity contribution in [2.45, 2.75) is 11.8 Å². The first-order chi connectivity index (χ1) is 10.0. The predicted molar refractivity (Wildman–Crippen MR) is 82.3 cm³/mol. The topological polar surface area (TPSA) is 69.8 Å². The van der Waals surface area contributed by atoms with E-state index in [1.807, 2.05) is 6.92 Å². The highest BCUT2D eigenvalue weighted by Crippen LogP contribution is 2.17. The lowest BCUT2D eigenvalue weighted by Crippen LogP contribution is -1.97. The molecule has 0 saturated carbocycles. The van der Waals surface area contributed by atoms with Gasteiger partial charge in [-0.3, -0.25) is 0 Å². The van der Waals surface area contributed by atoms with Crippen LogP contribution in [0.25, 0.3) is 4.83 Å². The molecule has 0 bridgehead atoms. The normalized spacial score (nSPS) is 11.5. The smallest absolute Gasteiger partial charge is 0.135 e. The van der Waals surface area contributed by atoms with Gasteiger partial charge in [0.05, 0.1) is 12.0 Å². The molecule has 2 aromatic rings. The van der Waals surface area contributed by atoms with E-state index in [2.05, 4.69) is 9.93 Å². The molecule has 0 atom stereocenters. The van der Waals surface area contributed by atoms with Gasteiger partial charge in [-0.05, 0) is 48.9 Å². The van der Waals surface area contributed by atoms with Crippen molar-refractivity contribution >= 4 is 16.2 Å². The van der Waals surface area contributed by atoms with Gasteiger partial charge in [0.25, 0.3) is 0 Å². The summed E-state index contributed by atoms with van der Waals surface area (Å²) in [5.41, 5.74) is 1.72. The molecular weight excluding hydrogens is 288 g/mol. The van der Waals surface area contributed by atoms with E-state index in [1.54, 1.807) is 43.5 Å². The van der Waals surface area contributed by atoms with Crippen LogP contribution in [0.15, 0.2) is 58.5 Å². The maximum Gasteiger partial charge on any atom is 0.135 e. The van der Waals surface area contributed by atoms with E-state index in [4.69, 9.17) is 4.74 Å². The molecule has 0 heterocycles. The van der Waals surface area contributed by atoms with Crippen LogP contribution in [0.3, 0.4) is 0 Å². The molecule has 0 spiro atoms. The molecule has 0 fully saturated rings. The lowest BCUT2D eigenvalue weighted by molar-refractivity contribution is 0.415. The van der Waals surface area contributed by atoms with E-state index in [0.29, 0.717) is 0 Å². The Balaban J connectivity index is 2.06. The number of hydrogen-bond acceptors (Lipinski definition) is 4. The second-order valence-corrected chi connectivity index (χ2v) is 5.97. The van der Waals surface area contributed by atoms with Crippen molar-refractivity contribution in [2.75, 3.05) is 7.11 Å². The van der Waals surface area contributed by atoms with E-state index >= 15 is 0 Å². The van der Waals surface area contributed by atoms with Crippen LogP contribution in [0.5, 0.6) is 5.75 Å². The standard InChI is InChI=1S/C15H15N2O3S/c1-12-3-9-15(10-4-12)21(18,19)17-16-11-13-5-7-14(20-2)8-6-13/h3-11H,1-2H3/q-1/b16-11+. The number of nitrogens with zero attached hydrogens (tertiary/aromatic N) is 2. The number of methoxy groups -OCH3 is 1. The summed E-state index contributed by atoms with van der Waals surface area (Å²) in [7, 11) is -2.18. The molecule has 0 unspecified atom stereocenters. The number of ether oxygens (including phenoxy) is 1.